The van der Waals surface area contributed by atoms with E-state index in [1.54, 1.807) is 18.2 Å². The van der Waals surface area contributed by atoms with Gasteiger partial charge in [-0.3, -0.25) is 0 Å². The summed E-state index contributed by atoms with van der Waals surface area (Å²) in [5.41, 5.74) is 3.13. The molecule has 0 spiro atoms. The molecule has 0 heterocycles. The van der Waals surface area contributed by atoms with Crippen LogP contribution >= 0.6 is 0 Å². The van der Waals surface area contributed by atoms with Gasteiger partial charge in [-0.1, -0.05) is 68.3 Å². The molecule has 116 valence electrons. The average Bonchev–Trinajstić information content (AvgIpc) is 2.53. The first-order valence-electron chi connectivity index (χ1n) is 7.36. The van der Waals surface area contributed by atoms with Gasteiger partial charge in [0, 0.05) is 17.1 Å². The van der Waals surface area contributed by atoms with Crippen molar-refractivity contribution < 1.29 is 0 Å². The minimum atomic E-state index is 1.03. The Morgan fingerprint density at radius 2 is 1.18 bits per heavy atom. The molecule has 0 aliphatic rings. The van der Waals surface area contributed by atoms with Crippen LogP contribution in [0.25, 0.3) is 0 Å². The minimum absolute atomic E-state index is 1.03. The Morgan fingerprint density at radius 3 is 1.50 bits per heavy atom. The fourth-order valence-corrected chi connectivity index (χ4v) is 1.88. The lowest BCUT2D eigenvalue weighted by molar-refractivity contribution is 0.575. The Balaban J connectivity index is 6.15. The summed E-state index contributed by atoms with van der Waals surface area (Å²) < 4.78 is 0. The molecular formula is C21H27N. The molecular weight excluding hydrogens is 266 g/mol. The number of nitrogens with zero attached hydrogens (tertiary/aromatic N) is 1. The highest BCUT2D eigenvalue weighted by molar-refractivity contribution is 5.39. The van der Waals surface area contributed by atoms with Crippen LogP contribution in [0.15, 0.2) is 110 Å². The molecule has 0 radical (unpaired) electrons. The van der Waals surface area contributed by atoms with Crippen molar-refractivity contribution in [3.8, 4) is 0 Å². The van der Waals surface area contributed by atoms with Gasteiger partial charge in [0.15, 0.2) is 0 Å². The lowest BCUT2D eigenvalue weighted by Gasteiger charge is -2.28. The molecule has 0 amide bonds. The molecule has 0 saturated carbocycles. The van der Waals surface area contributed by atoms with E-state index in [9.17, 15) is 0 Å². The fraction of sp³-hybridized carbons (Fsp3) is 0.143. The molecule has 0 aromatic carbocycles. The minimum Gasteiger partial charge on any atom is -0.311 e. The van der Waals surface area contributed by atoms with Gasteiger partial charge in [0.1, 0.15) is 0 Å². The third kappa shape index (κ3) is 6.27. The second-order valence-corrected chi connectivity index (χ2v) is 4.28. The van der Waals surface area contributed by atoms with Gasteiger partial charge in [0.05, 0.1) is 0 Å². The second kappa shape index (κ2) is 12.2. The highest BCUT2D eigenvalue weighted by Gasteiger charge is 2.12. The molecule has 0 saturated heterocycles. The van der Waals surface area contributed by atoms with Crippen molar-refractivity contribution in [2.24, 2.45) is 0 Å². The molecule has 0 rings (SSSR count). The zero-order chi connectivity index (χ0) is 16.8. The molecule has 0 bridgehead atoms. The molecule has 0 N–H and O–H groups in total. The smallest absolute Gasteiger partial charge is 0.0457 e. The van der Waals surface area contributed by atoms with E-state index in [1.165, 1.54) is 0 Å². The molecule has 0 atom stereocenters. The average molecular weight is 293 g/mol. The monoisotopic (exact) mass is 293 g/mol. The Hall–Kier alpha value is -2.54. The lowest BCUT2D eigenvalue weighted by Crippen LogP contribution is -2.19. The van der Waals surface area contributed by atoms with E-state index in [1.807, 2.05) is 57.2 Å². The SMILES string of the molecule is C=C/C=C\C(=C/C)N(C(/C=C\C=C)=C/C)C(/C=C\C)=C/C=C. The van der Waals surface area contributed by atoms with E-state index < -0.39 is 0 Å². The summed E-state index contributed by atoms with van der Waals surface area (Å²) in [5, 5.41) is 0. The van der Waals surface area contributed by atoms with Crippen LogP contribution in [-0.4, -0.2) is 4.90 Å². The van der Waals surface area contributed by atoms with Crippen molar-refractivity contribution >= 4 is 0 Å². The Kier molecular flexibility index (Phi) is 10.8. The molecule has 0 aliphatic heterocycles. The molecule has 0 aromatic rings. The summed E-state index contributed by atoms with van der Waals surface area (Å²) >= 11 is 0. The normalized spacial score (nSPS) is 14.0. The van der Waals surface area contributed by atoms with Crippen molar-refractivity contribution in [2.75, 3.05) is 0 Å². The van der Waals surface area contributed by atoms with E-state index in [2.05, 4.69) is 42.9 Å². The summed E-state index contributed by atoms with van der Waals surface area (Å²) in [6.45, 7) is 17.3. The van der Waals surface area contributed by atoms with Crippen molar-refractivity contribution in [2.45, 2.75) is 20.8 Å². The van der Waals surface area contributed by atoms with E-state index in [0.29, 0.717) is 0 Å². The van der Waals surface area contributed by atoms with Crippen LogP contribution in [-0.2, 0) is 0 Å². The van der Waals surface area contributed by atoms with Gasteiger partial charge in [-0.25, -0.2) is 0 Å². The second-order valence-electron chi connectivity index (χ2n) is 4.28. The summed E-state index contributed by atoms with van der Waals surface area (Å²) in [6.07, 6.45) is 23.4. The van der Waals surface area contributed by atoms with Gasteiger partial charge in [-0.15, -0.1) is 0 Å². The van der Waals surface area contributed by atoms with Crippen LogP contribution in [0.5, 0.6) is 0 Å². The fourth-order valence-electron chi connectivity index (χ4n) is 1.88. The van der Waals surface area contributed by atoms with Gasteiger partial charge in [0.2, 0.25) is 0 Å². The highest BCUT2D eigenvalue weighted by atomic mass is 15.2. The Bertz CT molecular complexity index is 514. The quantitative estimate of drug-likeness (QED) is 0.456. The maximum Gasteiger partial charge on any atom is 0.0457 e. The van der Waals surface area contributed by atoms with Gasteiger partial charge in [-0.05, 0) is 45.1 Å². The summed E-state index contributed by atoms with van der Waals surface area (Å²) in [6, 6.07) is 0. The first-order valence-corrected chi connectivity index (χ1v) is 7.36. The van der Waals surface area contributed by atoms with Gasteiger partial charge < -0.3 is 4.90 Å². The standard InChI is InChI=1S/C21H27N/c1-7-13-17-19(11-5)22(20(12-6)18-14-8-2)21(15-9-3)16-10-4/h7-18H,1-3H2,4-6H3/b16-10-,17-13-,18-14-,19-11+,20-12+,21-15+. The lowest BCUT2D eigenvalue weighted by atomic mass is 10.2. The van der Waals surface area contributed by atoms with E-state index in [0.717, 1.165) is 17.1 Å². The zero-order valence-corrected chi connectivity index (χ0v) is 14.0. The Morgan fingerprint density at radius 1 is 0.682 bits per heavy atom. The number of rotatable bonds is 9. The Labute approximate surface area is 136 Å². The van der Waals surface area contributed by atoms with Gasteiger partial charge >= 0.3 is 0 Å². The van der Waals surface area contributed by atoms with Gasteiger partial charge in [0.25, 0.3) is 0 Å². The predicted octanol–water partition coefficient (Wildman–Crippen LogP) is 6.23. The van der Waals surface area contributed by atoms with E-state index >= 15 is 0 Å². The predicted molar refractivity (Wildman–Crippen MR) is 101 cm³/mol. The van der Waals surface area contributed by atoms with E-state index in [-0.39, 0.29) is 0 Å². The molecule has 0 fully saturated rings. The summed E-state index contributed by atoms with van der Waals surface area (Å²) in [4.78, 5) is 2.15. The first-order chi connectivity index (χ1) is 10.7. The van der Waals surface area contributed by atoms with Crippen LogP contribution in [0.3, 0.4) is 0 Å². The first kappa shape index (κ1) is 19.5. The highest BCUT2D eigenvalue weighted by Crippen LogP contribution is 2.24. The van der Waals surface area contributed by atoms with Crippen molar-refractivity contribution in [1.29, 1.82) is 0 Å². The summed E-state index contributed by atoms with van der Waals surface area (Å²) in [7, 11) is 0. The topological polar surface area (TPSA) is 3.24 Å². The van der Waals surface area contributed by atoms with Gasteiger partial charge in [-0.2, -0.15) is 0 Å². The number of hydrogen-bond donors (Lipinski definition) is 0. The maximum absolute atomic E-state index is 3.82. The third-order valence-corrected chi connectivity index (χ3v) is 2.80. The molecule has 22 heavy (non-hydrogen) atoms. The molecule has 0 aliphatic carbocycles. The maximum atomic E-state index is 3.82. The molecule has 1 nitrogen and oxygen atoms in total. The van der Waals surface area contributed by atoms with Crippen LogP contribution in [0.4, 0.5) is 0 Å². The zero-order valence-electron chi connectivity index (χ0n) is 14.0. The molecule has 0 unspecified atom stereocenters. The van der Waals surface area contributed by atoms with Crippen molar-refractivity contribution in [1.82, 2.24) is 4.90 Å². The van der Waals surface area contributed by atoms with Crippen molar-refractivity contribution in [3.63, 3.8) is 0 Å². The largest absolute Gasteiger partial charge is 0.311 e. The van der Waals surface area contributed by atoms with Crippen LogP contribution in [0.1, 0.15) is 20.8 Å². The molecule has 1 heteroatoms. The number of allylic oxidation sites excluding steroid dienone is 12. The molecule has 0 aromatic heterocycles. The van der Waals surface area contributed by atoms with Crippen LogP contribution in [0, 0.1) is 0 Å². The third-order valence-electron chi connectivity index (χ3n) is 2.80. The van der Waals surface area contributed by atoms with Crippen molar-refractivity contribution in [3.05, 3.63) is 110 Å². The van der Waals surface area contributed by atoms with Crippen LogP contribution < -0.4 is 0 Å². The van der Waals surface area contributed by atoms with Crippen LogP contribution in [0.2, 0.25) is 0 Å². The summed E-state index contributed by atoms with van der Waals surface area (Å²) in [5.74, 6) is 0. The van der Waals surface area contributed by atoms with E-state index in [4.69, 9.17) is 0 Å². The number of hydrogen-bond acceptors (Lipinski definition) is 1.